The van der Waals surface area contributed by atoms with Crippen LogP contribution in [0.1, 0.15) is 58.0 Å². The molecule has 1 aromatic heterocycles. The number of ether oxygens (including phenoxy) is 1. The van der Waals surface area contributed by atoms with E-state index in [0.717, 1.165) is 55.9 Å². The Labute approximate surface area is 204 Å². The molecular formula is C26H33F3N4O2. The van der Waals surface area contributed by atoms with Crippen LogP contribution >= 0.6 is 0 Å². The largest absolute Gasteiger partial charge is 0.492 e. The molecule has 6 nitrogen and oxygen atoms in total. The molecule has 2 saturated heterocycles. The van der Waals surface area contributed by atoms with Crippen LogP contribution in [0.3, 0.4) is 0 Å². The third kappa shape index (κ3) is 5.46. The van der Waals surface area contributed by atoms with Crippen LogP contribution < -0.4 is 10.1 Å². The molecule has 2 fully saturated rings. The van der Waals surface area contributed by atoms with Crippen molar-refractivity contribution in [3.63, 3.8) is 0 Å². The number of benzene rings is 1. The molecule has 0 aliphatic carbocycles. The molecule has 4 rings (SSSR count). The molecule has 0 spiro atoms. The number of fused-ring (bicyclic) bond motifs is 1. The van der Waals surface area contributed by atoms with Crippen molar-refractivity contribution in [3.05, 3.63) is 58.4 Å². The topological polar surface area (TPSA) is 57.7 Å². The van der Waals surface area contributed by atoms with Crippen molar-refractivity contribution >= 4 is 5.91 Å². The Hall–Kier alpha value is -2.65. The van der Waals surface area contributed by atoms with Crippen LogP contribution in [0.25, 0.3) is 0 Å². The summed E-state index contributed by atoms with van der Waals surface area (Å²) in [6.45, 7) is 7.49. The van der Waals surface area contributed by atoms with Gasteiger partial charge in [-0.1, -0.05) is 6.07 Å². The Morgan fingerprint density at radius 3 is 2.63 bits per heavy atom. The maximum absolute atomic E-state index is 13.0. The van der Waals surface area contributed by atoms with Gasteiger partial charge in [0, 0.05) is 44.5 Å². The van der Waals surface area contributed by atoms with Crippen LogP contribution in [0.5, 0.6) is 5.75 Å². The van der Waals surface area contributed by atoms with Crippen molar-refractivity contribution in [2.45, 2.75) is 51.4 Å². The van der Waals surface area contributed by atoms with Gasteiger partial charge < -0.3 is 15.0 Å². The first-order chi connectivity index (χ1) is 16.7. The van der Waals surface area contributed by atoms with Gasteiger partial charge in [-0.3, -0.25) is 14.7 Å². The van der Waals surface area contributed by atoms with Crippen LogP contribution in [-0.4, -0.2) is 66.6 Å². The van der Waals surface area contributed by atoms with Crippen LogP contribution in [0.15, 0.2) is 30.5 Å². The first-order valence-electron chi connectivity index (χ1n) is 12.2. The SMILES string of the molecule is CNCCOc1ccc([C@H]2CCCC3CN(C(=O)c4ccc(C(F)(F)F)nc4)CCN32)c(C)c1C. The van der Waals surface area contributed by atoms with Crippen molar-refractivity contribution < 1.29 is 22.7 Å². The van der Waals surface area contributed by atoms with Gasteiger partial charge in [-0.05, 0) is 75.0 Å². The first-order valence-corrected chi connectivity index (χ1v) is 12.2. The van der Waals surface area contributed by atoms with Crippen molar-refractivity contribution in [2.75, 3.05) is 39.8 Å². The Morgan fingerprint density at radius 1 is 1.14 bits per heavy atom. The fourth-order valence-electron chi connectivity index (χ4n) is 5.24. The molecule has 2 aliphatic heterocycles. The molecule has 1 amide bonds. The van der Waals surface area contributed by atoms with Crippen molar-refractivity contribution in [1.29, 1.82) is 0 Å². The quantitative estimate of drug-likeness (QED) is 0.610. The van der Waals surface area contributed by atoms with Gasteiger partial charge in [0.25, 0.3) is 5.91 Å². The molecule has 1 unspecified atom stereocenters. The average molecular weight is 491 g/mol. The highest BCUT2D eigenvalue weighted by Crippen LogP contribution is 2.39. The third-order valence-corrected chi connectivity index (χ3v) is 7.28. The number of likely N-dealkylation sites (N-methyl/N-ethyl adjacent to an activating group) is 1. The predicted octanol–water partition coefficient (Wildman–Crippen LogP) is 4.37. The highest BCUT2D eigenvalue weighted by atomic mass is 19.4. The third-order valence-electron chi connectivity index (χ3n) is 7.28. The van der Waals surface area contributed by atoms with E-state index in [1.54, 1.807) is 4.90 Å². The maximum atomic E-state index is 13.0. The summed E-state index contributed by atoms with van der Waals surface area (Å²) in [5.74, 6) is 0.650. The number of piperidine rings is 1. The van der Waals surface area contributed by atoms with Crippen LogP contribution in [0, 0.1) is 13.8 Å². The lowest BCUT2D eigenvalue weighted by atomic mass is 9.86. The van der Waals surface area contributed by atoms with E-state index < -0.39 is 11.9 Å². The van der Waals surface area contributed by atoms with Crippen molar-refractivity contribution in [1.82, 2.24) is 20.1 Å². The Kier molecular flexibility index (Phi) is 7.66. The second-order valence-electron chi connectivity index (χ2n) is 9.37. The van der Waals surface area contributed by atoms with Crippen LogP contribution in [0.2, 0.25) is 0 Å². The van der Waals surface area contributed by atoms with E-state index in [4.69, 9.17) is 4.74 Å². The number of nitrogens with zero attached hydrogens (tertiary/aromatic N) is 3. The van der Waals surface area contributed by atoms with Crippen molar-refractivity contribution in [3.8, 4) is 5.75 Å². The fourth-order valence-corrected chi connectivity index (χ4v) is 5.24. The highest BCUT2D eigenvalue weighted by Gasteiger charge is 2.38. The number of halogens is 3. The minimum Gasteiger partial charge on any atom is -0.492 e. The van der Waals surface area contributed by atoms with E-state index in [-0.39, 0.29) is 23.6 Å². The standard InChI is InChI=1S/C26H33F3N4O2/c1-17-18(2)23(35-14-11-30-3)9-8-21(17)22-6-4-5-20-16-32(12-13-33(20)22)25(34)19-7-10-24(31-15-19)26(27,28)29/h7-10,15,20,22,30H,4-6,11-14,16H2,1-3H3/t20?,22-/m1/s1. The minimum atomic E-state index is -4.52. The summed E-state index contributed by atoms with van der Waals surface area (Å²) in [6, 6.07) is 6.84. The maximum Gasteiger partial charge on any atom is 0.433 e. The smallest absolute Gasteiger partial charge is 0.433 e. The summed E-state index contributed by atoms with van der Waals surface area (Å²) in [7, 11) is 1.90. The number of nitrogens with one attached hydrogen (secondary N) is 1. The number of hydrogen-bond donors (Lipinski definition) is 1. The number of amides is 1. The number of carbonyl (C=O) groups excluding carboxylic acids is 1. The second kappa shape index (κ2) is 10.5. The van der Waals surface area contributed by atoms with Gasteiger partial charge in [-0.2, -0.15) is 13.2 Å². The first kappa shape index (κ1) is 25.4. The number of piperazine rings is 1. The number of alkyl halides is 3. The molecule has 1 aromatic carbocycles. The lowest BCUT2D eigenvalue weighted by Gasteiger charge is -2.48. The van der Waals surface area contributed by atoms with Gasteiger partial charge in [0.1, 0.15) is 18.1 Å². The molecule has 2 aromatic rings. The molecule has 35 heavy (non-hydrogen) atoms. The molecule has 0 bridgehead atoms. The van der Waals surface area contributed by atoms with Gasteiger partial charge in [-0.15, -0.1) is 0 Å². The van der Waals surface area contributed by atoms with Crippen LogP contribution in [-0.2, 0) is 6.18 Å². The fraction of sp³-hybridized carbons (Fsp3) is 0.538. The zero-order valence-corrected chi connectivity index (χ0v) is 20.5. The summed E-state index contributed by atoms with van der Waals surface area (Å²) < 4.78 is 44.4. The Morgan fingerprint density at radius 2 is 1.94 bits per heavy atom. The van der Waals surface area contributed by atoms with E-state index in [1.165, 1.54) is 17.2 Å². The van der Waals surface area contributed by atoms with Crippen LogP contribution in [0.4, 0.5) is 13.2 Å². The van der Waals surface area contributed by atoms with E-state index >= 15 is 0 Å². The molecule has 2 aliphatic rings. The molecule has 3 heterocycles. The Bertz CT molecular complexity index is 1040. The number of carbonyl (C=O) groups is 1. The molecular weight excluding hydrogens is 457 g/mol. The predicted molar refractivity (Wildman–Crippen MR) is 128 cm³/mol. The zero-order chi connectivity index (χ0) is 25.2. The molecule has 1 N–H and O–H groups in total. The summed E-state index contributed by atoms with van der Waals surface area (Å²) in [5, 5.41) is 3.09. The summed E-state index contributed by atoms with van der Waals surface area (Å²) in [5.41, 5.74) is 2.91. The van der Waals surface area contributed by atoms with Crippen molar-refractivity contribution in [2.24, 2.45) is 0 Å². The van der Waals surface area contributed by atoms with Gasteiger partial charge in [-0.25, -0.2) is 0 Å². The van der Waals surface area contributed by atoms with Gasteiger partial charge in [0.05, 0.1) is 5.56 Å². The molecule has 0 radical (unpaired) electrons. The number of aromatic nitrogens is 1. The lowest BCUT2D eigenvalue weighted by Crippen LogP contribution is -2.57. The normalized spacial score (nSPS) is 21.0. The summed E-state index contributed by atoms with van der Waals surface area (Å²) in [6.07, 6.45) is -0.359. The van der Waals surface area contributed by atoms with E-state index in [9.17, 15) is 18.0 Å². The molecule has 2 atom stereocenters. The average Bonchev–Trinajstić information content (AvgIpc) is 2.85. The number of pyridine rings is 1. The van der Waals surface area contributed by atoms with Gasteiger partial charge in [0.2, 0.25) is 0 Å². The summed E-state index contributed by atoms with van der Waals surface area (Å²) in [4.78, 5) is 20.7. The van der Waals surface area contributed by atoms with E-state index in [0.29, 0.717) is 19.7 Å². The molecule has 190 valence electrons. The number of hydrogen-bond acceptors (Lipinski definition) is 5. The molecule has 0 saturated carbocycles. The lowest BCUT2D eigenvalue weighted by molar-refractivity contribution is -0.141. The monoisotopic (exact) mass is 490 g/mol. The Balaban J connectivity index is 1.45. The van der Waals surface area contributed by atoms with Gasteiger partial charge >= 0.3 is 6.18 Å². The highest BCUT2D eigenvalue weighted by molar-refractivity contribution is 5.94. The zero-order valence-electron chi connectivity index (χ0n) is 20.5. The minimum absolute atomic E-state index is 0.194. The summed E-state index contributed by atoms with van der Waals surface area (Å²) >= 11 is 0. The van der Waals surface area contributed by atoms with E-state index in [1.807, 2.05) is 7.05 Å². The van der Waals surface area contributed by atoms with Gasteiger partial charge in [0.15, 0.2) is 0 Å². The number of rotatable bonds is 6. The molecule has 9 heteroatoms. The van der Waals surface area contributed by atoms with E-state index in [2.05, 4.69) is 41.2 Å². The second-order valence-corrected chi connectivity index (χ2v) is 9.37.